The van der Waals surface area contributed by atoms with Crippen molar-refractivity contribution in [2.75, 3.05) is 5.32 Å². The van der Waals surface area contributed by atoms with Crippen molar-refractivity contribution in [3.63, 3.8) is 0 Å². The van der Waals surface area contributed by atoms with Crippen LogP contribution < -0.4 is 5.32 Å². The normalized spacial score (nSPS) is 19.2. The first kappa shape index (κ1) is 9.18. The molecule has 70 valence electrons. The molecule has 0 aliphatic heterocycles. The van der Waals surface area contributed by atoms with Crippen LogP contribution >= 0.6 is 22.6 Å². The van der Waals surface area contributed by atoms with Gasteiger partial charge >= 0.3 is 0 Å². The zero-order chi connectivity index (χ0) is 9.31. The van der Waals surface area contributed by atoms with Gasteiger partial charge in [-0.2, -0.15) is 0 Å². The number of halogens is 1. The Labute approximate surface area is 91.5 Å². The molecule has 2 rings (SSSR count). The molecule has 0 amide bonds. The average molecular weight is 289 g/mol. The zero-order valence-electron chi connectivity index (χ0n) is 7.55. The topological polar surface area (TPSA) is 37.8 Å². The first-order valence-electron chi connectivity index (χ1n) is 4.43. The molecule has 0 radical (unpaired) electrons. The van der Waals surface area contributed by atoms with E-state index in [1.165, 1.54) is 19.3 Å². The van der Waals surface area contributed by atoms with Crippen LogP contribution in [0.3, 0.4) is 0 Å². The molecule has 0 atom stereocenters. The summed E-state index contributed by atoms with van der Waals surface area (Å²) in [5.41, 5.74) is 0.272. The van der Waals surface area contributed by atoms with E-state index in [2.05, 4.69) is 44.8 Å². The third kappa shape index (κ3) is 1.92. The second kappa shape index (κ2) is 3.40. The number of hydrogen-bond donors (Lipinski definition) is 1. The molecule has 0 aromatic carbocycles. The lowest BCUT2D eigenvalue weighted by atomic mass is 9.78. The zero-order valence-corrected chi connectivity index (χ0v) is 9.71. The summed E-state index contributed by atoms with van der Waals surface area (Å²) in [5, 5.41) is 3.46. The fourth-order valence-corrected chi connectivity index (χ4v) is 1.96. The molecule has 3 nitrogen and oxygen atoms in total. The third-order valence-electron chi connectivity index (χ3n) is 2.54. The summed E-state index contributed by atoms with van der Waals surface area (Å²) in [5.74, 6) is 0.970. The minimum absolute atomic E-state index is 0.272. The van der Waals surface area contributed by atoms with E-state index < -0.39 is 0 Å². The van der Waals surface area contributed by atoms with Crippen molar-refractivity contribution in [1.29, 1.82) is 0 Å². The van der Waals surface area contributed by atoms with E-state index in [9.17, 15) is 0 Å². The molecule has 1 aromatic heterocycles. The SMILES string of the molecule is CC1(Nc2ncncc2I)CCC1. The van der Waals surface area contributed by atoms with Gasteiger partial charge in [0.2, 0.25) is 0 Å². The Morgan fingerprint density at radius 2 is 2.31 bits per heavy atom. The fourth-order valence-electron chi connectivity index (χ4n) is 1.52. The highest BCUT2D eigenvalue weighted by molar-refractivity contribution is 14.1. The van der Waals surface area contributed by atoms with Crippen LogP contribution in [0.25, 0.3) is 0 Å². The van der Waals surface area contributed by atoms with Crippen LogP contribution in [0, 0.1) is 3.57 Å². The number of rotatable bonds is 2. The van der Waals surface area contributed by atoms with Crippen LogP contribution in [0.5, 0.6) is 0 Å². The molecular weight excluding hydrogens is 277 g/mol. The Morgan fingerprint density at radius 1 is 1.54 bits per heavy atom. The smallest absolute Gasteiger partial charge is 0.143 e. The first-order valence-corrected chi connectivity index (χ1v) is 5.51. The number of anilines is 1. The van der Waals surface area contributed by atoms with Gasteiger partial charge in [-0.15, -0.1) is 0 Å². The molecule has 1 saturated carbocycles. The number of hydrogen-bond acceptors (Lipinski definition) is 3. The summed E-state index contributed by atoms with van der Waals surface area (Å²) >= 11 is 2.25. The van der Waals surface area contributed by atoms with E-state index in [1.54, 1.807) is 6.33 Å². The molecule has 1 heterocycles. The van der Waals surface area contributed by atoms with E-state index in [4.69, 9.17) is 0 Å². The Hall–Kier alpha value is -0.390. The maximum Gasteiger partial charge on any atom is 0.143 e. The van der Waals surface area contributed by atoms with Crippen LogP contribution in [-0.4, -0.2) is 15.5 Å². The van der Waals surface area contributed by atoms with Crippen molar-refractivity contribution in [2.45, 2.75) is 31.7 Å². The second-order valence-electron chi connectivity index (χ2n) is 3.76. The highest BCUT2D eigenvalue weighted by Gasteiger charge is 2.32. The lowest BCUT2D eigenvalue weighted by molar-refractivity contribution is 0.305. The van der Waals surface area contributed by atoms with Gasteiger partial charge in [-0.1, -0.05) is 0 Å². The molecular formula is C9H12IN3. The van der Waals surface area contributed by atoms with E-state index >= 15 is 0 Å². The molecule has 0 saturated heterocycles. The van der Waals surface area contributed by atoms with E-state index in [0.717, 1.165) is 9.39 Å². The highest BCUT2D eigenvalue weighted by Crippen LogP contribution is 2.34. The summed E-state index contributed by atoms with van der Waals surface area (Å²) in [6, 6.07) is 0. The van der Waals surface area contributed by atoms with Gasteiger partial charge in [0.15, 0.2) is 0 Å². The molecule has 1 aliphatic carbocycles. The molecule has 1 N–H and O–H groups in total. The van der Waals surface area contributed by atoms with Crippen molar-refractivity contribution in [3.05, 3.63) is 16.1 Å². The van der Waals surface area contributed by atoms with Crippen LogP contribution in [0.2, 0.25) is 0 Å². The van der Waals surface area contributed by atoms with Crippen molar-refractivity contribution in [2.24, 2.45) is 0 Å². The molecule has 0 unspecified atom stereocenters. The Morgan fingerprint density at radius 3 is 2.85 bits per heavy atom. The quantitative estimate of drug-likeness (QED) is 0.850. The minimum Gasteiger partial charge on any atom is -0.364 e. The average Bonchev–Trinajstić information content (AvgIpc) is 2.06. The van der Waals surface area contributed by atoms with Gasteiger partial charge in [-0.3, -0.25) is 0 Å². The summed E-state index contributed by atoms with van der Waals surface area (Å²) in [7, 11) is 0. The predicted octanol–water partition coefficient (Wildman–Crippen LogP) is 2.44. The number of nitrogens with one attached hydrogen (secondary N) is 1. The molecule has 0 spiro atoms. The minimum atomic E-state index is 0.272. The Bertz CT molecular complexity index is 309. The molecule has 1 aromatic rings. The standard InChI is InChI=1S/C9H12IN3/c1-9(3-2-4-9)13-8-7(10)5-11-6-12-8/h5-6H,2-4H2,1H3,(H,11,12,13). The lowest BCUT2D eigenvalue weighted by Crippen LogP contribution is -2.42. The van der Waals surface area contributed by atoms with Crippen LogP contribution in [0.4, 0.5) is 5.82 Å². The van der Waals surface area contributed by atoms with Crippen LogP contribution in [0.15, 0.2) is 12.5 Å². The van der Waals surface area contributed by atoms with Crippen LogP contribution in [0.1, 0.15) is 26.2 Å². The van der Waals surface area contributed by atoms with Crippen molar-refractivity contribution >= 4 is 28.4 Å². The largest absolute Gasteiger partial charge is 0.364 e. The summed E-state index contributed by atoms with van der Waals surface area (Å²) in [6.45, 7) is 2.24. The van der Waals surface area contributed by atoms with Gasteiger partial charge in [0.05, 0.1) is 3.57 Å². The lowest BCUT2D eigenvalue weighted by Gasteiger charge is -2.39. The third-order valence-corrected chi connectivity index (χ3v) is 3.33. The predicted molar refractivity (Wildman–Crippen MR) is 60.6 cm³/mol. The Balaban J connectivity index is 2.13. The van der Waals surface area contributed by atoms with Crippen molar-refractivity contribution < 1.29 is 0 Å². The first-order chi connectivity index (χ1) is 6.20. The van der Waals surface area contributed by atoms with Crippen LogP contribution in [-0.2, 0) is 0 Å². The van der Waals surface area contributed by atoms with Gasteiger partial charge < -0.3 is 5.32 Å². The highest BCUT2D eigenvalue weighted by atomic mass is 127. The van der Waals surface area contributed by atoms with Crippen molar-refractivity contribution in [3.8, 4) is 0 Å². The van der Waals surface area contributed by atoms with E-state index in [-0.39, 0.29) is 5.54 Å². The number of aromatic nitrogens is 2. The Kier molecular flexibility index (Phi) is 2.40. The second-order valence-corrected chi connectivity index (χ2v) is 4.92. The van der Waals surface area contributed by atoms with E-state index in [0.29, 0.717) is 0 Å². The summed E-state index contributed by atoms with van der Waals surface area (Å²) in [6.07, 6.45) is 7.23. The van der Waals surface area contributed by atoms with Gasteiger partial charge in [-0.05, 0) is 48.8 Å². The number of nitrogens with zero attached hydrogens (tertiary/aromatic N) is 2. The maximum atomic E-state index is 4.22. The van der Waals surface area contributed by atoms with Gasteiger partial charge in [0.1, 0.15) is 12.1 Å². The monoisotopic (exact) mass is 289 g/mol. The van der Waals surface area contributed by atoms with Gasteiger partial charge in [-0.25, -0.2) is 9.97 Å². The van der Waals surface area contributed by atoms with E-state index in [1.807, 2.05) is 6.20 Å². The molecule has 4 heteroatoms. The summed E-state index contributed by atoms with van der Waals surface area (Å²) < 4.78 is 1.09. The molecule has 0 bridgehead atoms. The summed E-state index contributed by atoms with van der Waals surface area (Å²) in [4.78, 5) is 8.18. The molecule has 13 heavy (non-hydrogen) atoms. The molecule has 1 aliphatic rings. The molecule has 1 fully saturated rings. The van der Waals surface area contributed by atoms with Gasteiger partial charge in [0.25, 0.3) is 0 Å². The van der Waals surface area contributed by atoms with Gasteiger partial charge in [0, 0.05) is 11.7 Å². The maximum absolute atomic E-state index is 4.22. The fraction of sp³-hybridized carbons (Fsp3) is 0.556. The van der Waals surface area contributed by atoms with Crippen molar-refractivity contribution in [1.82, 2.24) is 9.97 Å².